The topological polar surface area (TPSA) is 96.8 Å². The van der Waals surface area contributed by atoms with Gasteiger partial charge in [0.05, 0.1) is 22.9 Å². The van der Waals surface area contributed by atoms with Crippen LogP contribution >= 0.6 is 0 Å². The Morgan fingerprint density at radius 1 is 0.909 bits per heavy atom. The number of hydrogen-bond donors (Lipinski definition) is 1. The Labute approximate surface area is 256 Å². The molecule has 0 radical (unpaired) electrons. The Hall–Kier alpha value is -4.17. The number of alkyl halides is 3. The van der Waals surface area contributed by atoms with Crippen molar-refractivity contribution in [2.75, 3.05) is 42.9 Å². The van der Waals surface area contributed by atoms with Crippen molar-refractivity contribution in [3.05, 3.63) is 69.3 Å². The lowest BCUT2D eigenvalue weighted by Gasteiger charge is -2.35. The largest absolute Gasteiger partial charge is 0.417 e. The van der Waals surface area contributed by atoms with Gasteiger partial charge < -0.3 is 10.2 Å². The second-order valence-corrected chi connectivity index (χ2v) is 11.6. The van der Waals surface area contributed by atoms with Gasteiger partial charge in [-0.25, -0.2) is 9.69 Å². The van der Waals surface area contributed by atoms with E-state index in [0.29, 0.717) is 37.6 Å². The van der Waals surface area contributed by atoms with Crippen LogP contribution in [-0.4, -0.2) is 60.4 Å². The molecule has 2 aliphatic heterocycles. The first-order valence-electron chi connectivity index (χ1n) is 14.9. The van der Waals surface area contributed by atoms with Gasteiger partial charge >= 0.3 is 12.2 Å². The van der Waals surface area contributed by atoms with Crippen LogP contribution in [0.15, 0.2) is 41.5 Å². The molecule has 0 spiro atoms. The van der Waals surface area contributed by atoms with Gasteiger partial charge in [0.2, 0.25) is 0 Å². The van der Waals surface area contributed by atoms with Gasteiger partial charge in [0.25, 0.3) is 11.8 Å². The number of nitrogens with one attached hydrogen (secondary N) is 1. The molecule has 2 heterocycles. The summed E-state index contributed by atoms with van der Waals surface area (Å²) in [6, 6.07) is 8.40. The van der Waals surface area contributed by atoms with Crippen molar-refractivity contribution in [3.8, 4) is 6.07 Å². The lowest BCUT2D eigenvalue weighted by molar-refractivity contribution is -0.138. The lowest BCUT2D eigenvalue weighted by Crippen LogP contribution is -2.50. The molecule has 44 heavy (non-hydrogen) atoms. The van der Waals surface area contributed by atoms with Crippen LogP contribution in [0.1, 0.15) is 66.8 Å². The summed E-state index contributed by atoms with van der Waals surface area (Å²) in [5.41, 5.74) is 2.75. The number of carbonyl (C=O) groups is 3. The Balaban J connectivity index is 1.19. The van der Waals surface area contributed by atoms with Crippen LogP contribution < -0.4 is 10.2 Å². The standard InChI is InChI=1S/C33H38F3N5O3/c1-21-17-22(2)29(23(3)18-21)38-32(44)40-15-13-39(14-16-40)12-8-6-5-7-9-27-24(4)30(42)41(31(27)43)26-11-10-25(20-37)28(19-26)33(34,35)36/h10-11,17-19H,5-9,12-16H2,1-4H3,(H,38,44). The number of nitriles is 1. The Morgan fingerprint density at radius 3 is 2.16 bits per heavy atom. The van der Waals surface area contributed by atoms with E-state index in [1.807, 2.05) is 25.7 Å². The molecule has 2 aromatic rings. The molecule has 0 aromatic heterocycles. The van der Waals surface area contributed by atoms with E-state index in [-0.39, 0.29) is 17.3 Å². The highest BCUT2D eigenvalue weighted by Crippen LogP contribution is 2.37. The van der Waals surface area contributed by atoms with Crippen molar-refractivity contribution in [1.82, 2.24) is 9.80 Å². The molecule has 1 saturated heterocycles. The summed E-state index contributed by atoms with van der Waals surface area (Å²) in [6.07, 6.45) is -1.03. The maximum atomic E-state index is 13.4. The van der Waals surface area contributed by atoms with Gasteiger partial charge in [-0.1, -0.05) is 30.5 Å². The zero-order valence-electron chi connectivity index (χ0n) is 25.6. The summed E-state index contributed by atoms with van der Waals surface area (Å²) in [6.45, 7) is 11.4. The molecule has 0 atom stereocenters. The third-order valence-electron chi connectivity index (χ3n) is 8.34. The summed E-state index contributed by atoms with van der Waals surface area (Å²) in [7, 11) is 0. The molecule has 234 valence electrons. The first kappa shape index (κ1) is 32.7. The van der Waals surface area contributed by atoms with Crippen molar-refractivity contribution in [3.63, 3.8) is 0 Å². The minimum atomic E-state index is -4.79. The average molecular weight is 610 g/mol. The van der Waals surface area contributed by atoms with Gasteiger partial charge in [-0.05, 0) is 82.8 Å². The number of nitrogens with zero attached hydrogens (tertiary/aromatic N) is 4. The second-order valence-electron chi connectivity index (χ2n) is 11.6. The van der Waals surface area contributed by atoms with Gasteiger partial charge in [-0.3, -0.25) is 14.5 Å². The fourth-order valence-corrected chi connectivity index (χ4v) is 5.95. The van der Waals surface area contributed by atoms with Crippen molar-refractivity contribution in [2.45, 2.75) is 66.0 Å². The van der Waals surface area contributed by atoms with E-state index in [1.165, 1.54) is 24.6 Å². The highest BCUT2D eigenvalue weighted by atomic mass is 19.4. The third kappa shape index (κ3) is 7.30. The van der Waals surface area contributed by atoms with E-state index in [9.17, 15) is 27.6 Å². The molecule has 0 unspecified atom stereocenters. The Morgan fingerprint density at radius 2 is 1.55 bits per heavy atom. The van der Waals surface area contributed by atoms with E-state index >= 15 is 0 Å². The first-order valence-corrected chi connectivity index (χ1v) is 14.9. The van der Waals surface area contributed by atoms with Gasteiger partial charge in [0.15, 0.2) is 0 Å². The fourth-order valence-electron chi connectivity index (χ4n) is 5.95. The lowest BCUT2D eigenvalue weighted by atomic mass is 10.0. The van der Waals surface area contributed by atoms with Crippen molar-refractivity contribution in [1.29, 1.82) is 5.26 Å². The number of rotatable bonds is 9. The Bertz CT molecular complexity index is 1490. The minimum absolute atomic E-state index is 0.0808. The smallest absolute Gasteiger partial charge is 0.322 e. The zero-order valence-corrected chi connectivity index (χ0v) is 25.6. The van der Waals surface area contributed by atoms with Gasteiger partial charge in [-0.15, -0.1) is 0 Å². The summed E-state index contributed by atoms with van der Waals surface area (Å²) >= 11 is 0. The van der Waals surface area contributed by atoms with E-state index < -0.39 is 29.1 Å². The van der Waals surface area contributed by atoms with E-state index in [4.69, 9.17) is 5.26 Å². The third-order valence-corrected chi connectivity index (χ3v) is 8.34. The zero-order chi connectivity index (χ0) is 32.2. The van der Waals surface area contributed by atoms with E-state index in [1.54, 1.807) is 0 Å². The number of benzene rings is 2. The quantitative estimate of drug-likeness (QED) is 0.259. The number of imide groups is 1. The predicted molar refractivity (Wildman–Crippen MR) is 162 cm³/mol. The predicted octanol–water partition coefficient (Wildman–Crippen LogP) is 6.49. The molecule has 8 nitrogen and oxygen atoms in total. The summed E-state index contributed by atoms with van der Waals surface area (Å²) < 4.78 is 40.3. The van der Waals surface area contributed by atoms with E-state index in [0.717, 1.165) is 66.7 Å². The molecule has 0 saturated carbocycles. The number of aryl methyl sites for hydroxylation is 3. The molecular weight excluding hydrogens is 571 g/mol. The summed E-state index contributed by atoms with van der Waals surface area (Å²) in [5, 5.41) is 12.1. The van der Waals surface area contributed by atoms with Crippen molar-refractivity contribution >= 4 is 29.2 Å². The molecule has 4 amide bonds. The number of piperazine rings is 1. The molecule has 1 N–H and O–H groups in total. The van der Waals surface area contributed by atoms with Gasteiger partial charge in [-0.2, -0.15) is 18.4 Å². The SMILES string of the molecule is CC1=C(CCCCCCN2CCN(C(=O)Nc3c(C)cc(C)cc3C)CC2)C(=O)N(c2ccc(C#N)c(C(F)(F)F)c2)C1=O. The number of hydrogen-bond acceptors (Lipinski definition) is 5. The molecule has 2 aromatic carbocycles. The molecular formula is C33H38F3N5O3. The number of halogens is 3. The molecule has 11 heteroatoms. The average Bonchev–Trinajstić information content (AvgIpc) is 3.18. The minimum Gasteiger partial charge on any atom is -0.322 e. The van der Waals surface area contributed by atoms with Crippen molar-refractivity contribution in [2.24, 2.45) is 0 Å². The Kier molecular flexibility index (Phi) is 10.1. The van der Waals surface area contributed by atoms with Crippen LogP contribution in [0.3, 0.4) is 0 Å². The summed E-state index contributed by atoms with van der Waals surface area (Å²) in [4.78, 5) is 43.7. The maximum absolute atomic E-state index is 13.4. The molecule has 4 rings (SSSR count). The first-order chi connectivity index (χ1) is 20.8. The highest BCUT2D eigenvalue weighted by molar-refractivity contribution is 6.32. The number of unbranched alkanes of at least 4 members (excludes halogenated alkanes) is 3. The number of carbonyl (C=O) groups excluding carboxylic acids is 3. The van der Waals surface area contributed by atoms with Crippen LogP contribution in [0.4, 0.5) is 29.3 Å². The number of amides is 4. The second kappa shape index (κ2) is 13.6. The summed E-state index contributed by atoms with van der Waals surface area (Å²) in [5.74, 6) is -1.25. The molecule has 0 bridgehead atoms. The van der Waals surface area contributed by atoms with Crippen LogP contribution in [0.2, 0.25) is 0 Å². The van der Waals surface area contributed by atoms with Crippen LogP contribution in [0.5, 0.6) is 0 Å². The number of urea groups is 1. The molecule has 1 fully saturated rings. The van der Waals surface area contributed by atoms with Crippen LogP contribution in [0.25, 0.3) is 0 Å². The molecule has 2 aliphatic rings. The molecule has 0 aliphatic carbocycles. The fraction of sp³-hybridized carbons (Fsp3) is 0.455. The van der Waals surface area contributed by atoms with Crippen molar-refractivity contribution < 1.29 is 27.6 Å². The highest BCUT2D eigenvalue weighted by Gasteiger charge is 2.39. The van der Waals surface area contributed by atoms with Crippen LogP contribution in [0, 0.1) is 32.1 Å². The number of anilines is 2. The van der Waals surface area contributed by atoms with Crippen LogP contribution in [-0.2, 0) is 15.8 Å². The van der Waals surface area contributed by atoms with Gasteiger partial charge in [0, 0.05) is 43.0 Å². The maximum Gasteiger partial charge on any atom is 0.417 e. The van der Waals surface area contributed by atoms with E-state index in [2.05, 4.69) is 22.3 Å². The normalized spacial score (nSPS) is 16.1. The monoisotopic (exact) mass is 609 g/mol. The van der Waals surface area contributed by atoms with Gasteiger partial charge in [0.1, 0.15) is 0 Å².